The molecule has 1 aromatic carbocycles. The molecule has 0 bridgehead atoms. The zero-order chi connectivity index (χ0) is 14.3. The third-order valence-corrected chi connectivity index (χ3v) is 4.38. The van der Waals surface area contributed by atoms with E-state index < -0.39 is 0 Å². The zero-order valence-electron chi connectivity index (χ0n) is 13.1. The quantitative estimate of drug-likeness (QED) is 0.899. The summed E-state index contributed by atoms with van der Waals surface area (Å²) in [7, 11) is 0. The molecule has 1 aromatic rings. The van der Waals surface area contributed by atoms with Gasteiger partial charge in [0, 0.05) is 19.6 Å². The molecular formula is C17H27ClN2O2. The van der Waals surface area contributed by atoms with Gasteiger partial charge in [-0.1, -0.05) is 18.2 Å². The van der Waals surface area contributed by atoms with Gasteiger partial charge in [0.25, 0.3) is 0 Å². The van der Waals surface area contributed by atoms with Crippen LogP contribution in [0.4, 0.5) is 0 Å². The summed E-state index contributed by atoms with van der Waals surface area (Å²) in [6.07, 6.45) is 2.81. The highest BCUT2D eigenvalue weighted by Gasteiger charge is 2.24. The Hall–Kier alpha value is -0.810. The number of hydrogen-bond donors (Lipinski definition) is 1. The summed E-state index contributed by atoms with van der Waals surface area (Å²) in [6, 6.07) is 10.00. The summed E-state index contributed by atoms with van der Waals surface area (Å²) < 4.78 is 11.7. The average molecular weight is 327 g/mol. The number of benzene rings is 1. The molecule has 0 radical (unpaired) electrons. The van der Waals surface area contributed by atoms with E-state index in [4.69, 9.17) is 9.47 Å². The average Bonchev–Trinajstić information content (AvgIpc) is 2.55. The van der Waals surface area contributed by atoms with Crippen molar-refractivity contribution in [1.82, 2.24) is 10.2 Å². The second kappa shape index (κ2) is 9.36. The van der Waals surface area contributed by atoms with Crippen molar-refractivity contribution in [3.8, 4) is 5.75 Å². The fourth-order valence-electron chi connectivity index (χ4n) is 3.18. The maximum atomic E-state index is 5.84. The highest BCUT2D eigenvalue weighted by Crippen LogP contribution is 2.16. The topological polar surface area (TPSA) is 33.7 Å². The summed E-state index contributed by atoms with van der Waals surface area (Å²) in [5.41, 5.74) is 0. The van der Waals surface area contributed by atoms with Gasteiger partial charge in [-0.25, -0.2) is 0 Å². The summed E-state index contributed by atoms with van der Waals surface area (Å²) in [6.45, 7) is 7.10. The Labute approximate surface area is 139 Å². The minimum absolute atomic E-state index is 0. The van der Waals surface area contributed by atoms with E-state index in [2.05, 4.69) is 10.2 Å². The van der Waals surface area contributed by atoms with Crippen molar-refractivity contribution in [3.05, 3.63) is 30.3 Å². The molecule has 2 fully saturated rings. The molecule has 0 aromatic heterocycles. The number of nitrogens with one attached hydrogen (secondary N) is 1. The fourth-order valence-corrected chi connectivity index (χ4v) is 3.18. The molecule has 0 aliphatic carbocycles. The van der Waals surface area contributed by atoms with Gasteiger partial charge >= 0.3 is 0 Å². The van der Waals surface area contributed by atoms with Crippen LogP contribution < -0.4 is 10.1 Å². The molecule has 0 spiro atoms. The lowest BCUT2D eigenvalue weighted by molar-refractivity contribution is -0.0524. The SMILES string of the molecule is Cl.c1ccc(OCC2CN(CC3CCNCC3)CCO2)cc1. The van der Waals surface area contributed by atoms with Crippen molar-refractivity contribution in [1.29, 1.82) is 0 Å². The molecule has 4 nitrogen and oxygen atoms in total. The Morgan fingerprint density at radius 1 is 1.18 bits per heavy atom. The standard InChI is InChI=1S/C17H26N2O2.ClH/c1-2-4-16(5-3-1)21-14-17-13-19(10-11-20-17)12-15-6-8-18-9-7-15;/h1-5,15,17-18H,6-14H2;1H. The first-order chi connectivity index (χ1) is 10.4. The van der Waals surface area contributed by atoms with Crippen LogP contribution in [0.3, 0.4) is 0 Å². The lowest BCUT2D eigenvalue weighted by Crippen LogP contribution is -2.47. The van der Waals surface area contributed by atoms with E-state index in [1.807, 2.05) is 30.3 Å². The van der Waals surface area contributed by atoms with Crippen molar-refractivity contribution in [2.45, 2.75) is 18.9 Å². The van der Waals surface area contributed by atoms with E-state index >= 15 is 0 Å². The minimum Gasteiger partial charge on any atom is -0.491 e. The highest BCUT2D eigenvalue weighted by atomic mass is 35.5. The number of nitrogens with zero attached hydrogens (tertiary/aromatic N) is 1. The number of halogens is 1. The van der Waals surface area contributed by atoms with Crippen LogP contribution >= 0.6 is 12.4 Å². The smallest absolute Gasteiger partial charge is 0.119 e. The number of para-hydroxylation sites is 1. The Morgan fingerprint density at radius 2 is 1.95 bits per heavy atom. The lowest BCUT2D eigenvalue weighted by Gasteiger charge is -2.36. The normalized spacial score (nSPS) is 23.7. The molecular weight excluding hydrogens is 300 g/mol. The van der Waals surface area contributed by atoms with Gasteiger partial charge in [-0.05, 0) is 44.0 Å². The monoisotopic (exact) mass is 326 g/mol. The zero-order valence-corrected chi connectivity index (χ0v) is 13.9. The third kappa shape index (κ3) is 5.43. The Bertz CT molecular complexity index is 412. The number of piperidine rings is 1. The van der Waals surface area contributed by atoms with Crippen molar-refractivity contribution in [2.75, 3.05) is 45.9 Å². The predicted octanol–water partition coefficient (Wildman–Crippen LogP) is 2.19. The van der Waals surface area contributed by atoms with Crippen LogP contribution in [0.15, 0.2) is 30.3 Å². The minimum atomic E-state index is 0. The number of ether oxygens (including phenoxy) is 2. The Morgan fingerprint density at radius 3 is 2.73 bits per heavy atom. The summed E-state index contributed by atoms with van der Waals surface area (Å²) in [4.78, 5) is 2.55. The van der Waals surface area contributed by atoms with Gasteiger partial charge in [-0.15, -0.1) is 12.4 Å². The van der Waals surface area contributed by atoms with E-state index in [1.165, 1.54) is 32.5 Å². The maximum Gasteiger partial charge on any atom is 0.119 e. The molecule has 2 heterocycles. The second-order valence-electron chi connectivity index (χ2n) is 6.07. The van der Waals surface area contributed by atoms with Gasteiger partial charge in [0.15, 0.2) is 0 Å². The highest BCUT2D eigenvalue weighted by molar-refractivity contribution is 5.85. The van der Waals surface area contributed by atoms with Crippen LogP contribution in [0.5, 0.6) is 5.75 Å². The summed E-state index contributed by atoms with van der Waals surface area (Å²) in [5.74, 6) is 1.77. The third-order valence-electron chi connectivity index (χ3n) is 4.38. The molecule has 1 atom stereocenters. The predicted molar refractivity (Wildman–Crippen MR) is 91.0 cm³/mol. The summed E-state index contributed by atoms with van der Waals surface area (Å²) in [5, 5.41) is 3.44. The molecule has 2 aliphatic heterocycles. The molecule has 1 N–H and O–H groups in total. The van der Waals surface area contributed by atoms with Crippen LogP contribution in [-0.2, 0) is 4.74 Å². The second-order valence-corrected chi connectivity index (χ2v) is 6.07. The van der Waals surface area contributed by atoms with E-state index in [1.54, 1.807) is 0 Å². The largest absolute Gasteiger partial charge is 0.491 e. The van der Waals surface area contributed by atoms with Gasteiger partial charge in [0.2, 0.25) is 0 Å². The van der Waals surface area contributed by atoms with Gasteiger partial charge in [-0.2, -0.15) is 0 Å². The molecule has 5 heteroatoms. The lowest BCUT2D eigenvalue weighted by atomic mass is 9.97. The van der Waals surface area contributed by atoms with Crippen LogP contribution in [0.2, 0.25) is 0 Å². The number of hydrogen-bond acceptors (Lipinski definition) is 4. The fraction of sp³-hybridized carbons (Fsp3) is 0.647. The van der Waals surface area contributed by atoms with Crippen molar-refractivity contribution >= 4 is 12.4 Å². The van der Waals surface area contributed by atoms with Crippen LogP contribution in [0.1, 0.15) is 12.8 Å². The van der Waals surface area contributed by atoms with Crippen molar-refractivity contribution < 1.29 is 9.47 Å². The molecule has 1 unspecified atom stereocenters. The van der Waals surface area contributed by atoms with Gasteiger partial charge in [0.1, 0.15) is 18.5 Å². The molecule has 0 amide bonds. The van der Waals surface area contributed by atoms with Gasteiger partial charge in [0.05, 0.1) is 6.61 Å². The van der Waals surface area contributed by atoms with Crippen molar-refractivity contribution in [3.63, 3.8) is 0 Å². The van der Waals surface area contributed by atoms with E-state index in [0.717, 1.165) is 31.4 Å². The van der Waals surface area contributed by atoms with Crippen LogP contribution in [0.25, 0.3) is 0 Å². The van der Waals surface area contributed by atoms with Gasteiger partial charge < -0.3 is 14.8 Å². The Kier molecular flexibility index (Phi) is 7.46. The first-order valence-electron chi connectivity index (χ1n) is 8.12. The molecule has 2 aliphatic rings. The first kappa shape index (κ1) is 17.5. The first-order valence-corrected chi connectivity index (χ1v) is 8.12. The molecule has 124 valence electrons. The van der Waals surface area contributed by atoms with E-state index in [0.29, 0.717) is 6.61 Å². The molecule has 3 rings (SSSR count). The van der Waals surface area contributed by atoms with Crippen molar-refractivity contribution in [2.24, 2.45) is 5.92 Å². The van der Waals surface area contributed by atoms with Crippen LogP contribution in [-0.4, -0.2) is 56.9 Å². The summed E-state index contributed by atoms with van der Waals surface area (Å²) >= 11 is 0. The number of rotatable bonds is 5. The maximum absolute atomic E-state index is 5.84. The number of morpholine rings is 1. The van der Waals surface area contributed by atoms with Gasteiger partial charge in [-0.3, -0.25) is 4.90 Å². The molecule has 2 saturated heterocycles. The molecule has 0 saturated carbocycles. The Balaban J connectivity index is 0.00000176. The van der Waals surface area contributed by atoms with Crippen LogP contribution in [0, 0.1) is 5.92 Å². The van der Waals surface area contributed by atoms with E-state index in [9.17, 15) is 0 Å². The van der Waals surface area contributed by atoms with E-state index in [-0.39, 0.29) is 18.5 Å². The molecule has 22 heavy (non-hydrogen) atoms.